The van der Waals surface area contributed by atoms with Crippen molar-refractivity contribution in [2.24, 2.45) is 28.6 Å². The molecule has 0 unspecified atom stereocenters. The second-order valence-electron chi connectivity index (χ2n) is 15.3. The molecule has 0 aromatic heterocycles. The first kappa shape index (κ1) is 42.7. The zero-order valence-corrected chi connectivity index (χ0v) is 33.1. The molecule has 1 aromatic carbocycles. The number of ether oxygens (including phenoxy) is 7. The van der Waals surface area contributed by atoms with Gasteiger partial charge in [0.2, 0.25) is 0 Å². The number of carbonyl (C=O) groups excluding carboxylic acids is 7. The van der Waals surface area contributed by atoms with Gasteiger partial charge in [0.15, 0.2) is 12.2 Å². The molecular formula is C41H52O14. The normalized spacial score (nSPS) is 31.1. The van der Waals surface area contributed by atoms with Crippen molar-refractivity contribution in [2.75, 3.05) is 6.61 Å². The first-order valence-corrected chi connectivity index (χ1v) is 18.3. The monoisotopic (exact) mass is 768 g/mol. The molecule has 4 rings (SSSR count). The highest BCUT2D eigenvalue weighted by atomic mass is 16.6. The minimum absolute atomic E-state index is 0.125. The van der Waals surface area contributed by atoms with E-state index in [4.69, 9.17) is 33.2 Å². The molecule has 0 radical (unpaired) electrons. The average Bonchev–Trinajstić information content (AvgIpc) is 3.06. The second kappa shape index (κ2) is 17.2. The Kier molecular flexibility index (Phi) is 13.4. The van der Waals surface area contributed by atoms with Gasteiger partial charge >= 0.3 is 41.8 Å². The molecule has 2 bridgehead atoms. The van der Waals surface area contributed by atoms with Crippen molar-refractivity contribution in [1.29, 1.82) is 0 Å². The number of rotatable bonds is 10. The van der Waals surface area contributed by atoms with Crippen LogP contribution in [0.15, 0.2) is 47.6 Å². The van der Waals surface area contributed by atoms with E-state index < -0.39 is 114 Å². The van der Waals surface area contributed by atoms with E-state index in [1.807, 2.05) is 32.0 Å². The molecule has 0 saturated heterocycles. The van der Waals surface area contributed by atoms with Gasteiger partial charge in [0.1, 0.15) is 24.4 Å². The number of fused-ring (bicyclic) bond motifs is 3. The molecule has 0 aliphatic heterocycles. The lowest BCUT2D eigenvalue weighted by molar-refractivity contribution is -0.259. The van der Waals surface area contributed by atoms with Crippen molar-refractivity contribution in [3.05, 3.63) is 53.1 Å². The summed E-state index contributed by atoms with van der Waals surface area (Å²) in [6.45, 7) is 14.0. The van der Waals surface area contributed by atoms with Gasteiger partial charge in [-0.25, -0.2) is 4.79 Å². The van der Waals surface area contributed by atoms with E-state index in [-0.39, 0.29) is 12.8 Å². The van der Waals surface area contributed by atoms with Crippen LogP contribution >= 0.6 is 0 Å². The fourth-order valence-corrected chi connectivity index (χ4v) is 9.21. The maximum atomic E-state index is 13.3. The van der Waals surface area contributed by atoms with Crippen LogP contribution in [0, 0.1) is 28.6 Å². The van der Waals surface area contributed by atoms with Gasteiger partial charge in [0.25, 0.3) is 0 Å². The smallest absolute Gasteiger partial charge is 0.330 e. The zero-order valence-electron chi connectivity index (χ0n) is 33.1. The SMILES string of the molecule is CC(=O)O[C@H]1[C@H]2[C@H](COC(=O)/C=C/c3ccccc3)[C@H](OC(C)=O)C[C@@H](OC(C)=O)[C@@]2(C)[C@H](OC(C)=O)[C@@H](OC(C)=O)C2=C(C)[C@@H](OC(C)=O)C[C@H]1C2(C)C. The molecule has 0 N–H and O–H groups in total. The van der Waals surface area contributed by atoms with Gasteiger partial charge in [0, 0.05) is 71.8 Å². The number of benzene rings is 1. The molecule has 14 heteroatoms. The van der Waals surface area contributed by atoms with Crippen LogP contribution in [0.5, 0.6) is 0 Å². The van der Waals surface area contributed by atoms with Crippen LogP contribution in [0.3, 0.4) is 0 Å². The minimum atomic E-state index is -1.60. The van der Waals surface area contributed by atoms with Crippen LogP contribution in [0.25, 0.3) is 6.08 Å². The summed E-state index contributed by atoms with van der Waals surface area (Å²) < 4.78 is 42.2. The van der Waals surface area contributed by atoms with E-state index in [1.54, 1.807) is 32.1 Å². The molecule has 3 aliphatic rings. The molecule has 3 aliphatic carbocycles. The van der Waals surface area contributed by atoms with Gasteiger partial charge in [-0.3, -0.25) is 28.8 Å². The van der Waals surface area contributed by atoms with Crippen LogP contribution in [-0.4, -0.2) is 85.0 Å². The molecule has 2 saturated carbocycles. The van der Waals surface area contributed by atoms with Gasteiger partial charge < -0.3 is 33.2 Å². The van der Waals surface area contributed by atoms with E-state index >= 15 is 0 Å². The van der Waals surface area contributed by atoms with Crippen molar-refractivity contribution in [3.8, 4) is 0 Å². The van der Waals surface area contributed by atoms with Gasteiger partial charge in [-0.15, -0.1) is 0 Å². The summed E-state index contributed by atoms with van der Waals surface area (Å²) in [7, 11) is 0. The van der Waals surface area contributed by atoms with E-state index in [0.29, 0.717) is 11.1 Å². The standard InChI is InChI=1S/C41H52O14/c1-21-31(50-22(2)42)18-30-37(53-25(5)45)36-29(20-49-34(48)17-16-28-14-12-11-13-15-28)32(51-23(3)43)19-33(52-24(4)44)41(36,10)39(55-27(7)47)38(54-26(6)46)35(21)40(30,8)9/h11-17,29-33,36-39H,18-20H2,1-10H3/b17-16+/t29-,30-,31+,32-,33-,36-,37-,38+,39-,41-/m1/s1. The topological polar surface area (TPSA) is 184 Å². The Morgan fingerprint density at radius 2 is 1.27 bits per heavy atom. The number of hydrogen-bond donors (Lipinski definition) is 0. The predicted molar refractivity (Wildman–Crippen MR) is 194 cm³/mol. The molecule has 2 fully saturated rings. The Hall–Kier alpha value is -5.01. The Balaban J connectivity index is 2.08. The summed E-state index contributed by atoms with van der Waals surface area (Å²) in [6, 6.07) is 9.05. The Morgan fingerprint density at radius 3 is 1.82 bits per heavy atom. The van der Waals surface area contributed by atoms with Gasteiger partial charge in [0.05, 0.1) is 12.0 Å². The van der Waals surface area contributed by atoms with E-state index in [1.165, 1.54) is 47.6 Å². The van der Waals surface area contributed by atoms with Crippen molar-refractivity contribution in [1.82, 2.24) is 0 Å². The van der Waals surface area contributed by atoms with E-state index in [2.05, 4.69) is 0 Å². The third-order valence-corrected chi connectivity index (χ3v) is 11.2. The van der Waals surface area contributed by atoms with Gasteiger partial charge in [-0.05, 0) is 41.5 Å². The summed E-state index contributed by atoms with van der Waals surface area (Å²) in [5.41, 5.74) is -0.878. The molecule has 0 spiro atoms. The molecule has 300 valence electrons. The molecule has 55 heavy (non-hydrogen) atoms. The summed E-state index contributed by atoms with van der Waals surface area (Å²) >= 11 is 0. The van der Waals surface area contributed by atoms with Gasteiger partial charge in [-0.1, -0.05) is 51.1 Å². The second-order valence-corrected chi connectivity index (χ2v) is 15.3. The largest absolute Gasteiger partial charge is 0.462 e. The van der Waals surface area contributed by atoms with Crippen LogP contribution in [0.1, 0.15) is 87.6 Å². The number of hydrogen-bond acceptors (Lipinski definition) is 14. The summed E-state index contributed by atoms with van der Waals surface area (Å²) in [5, 5.41) is 0. The van der Waals surface area contributed by atoms with Crippen molar-refractivity contribution < 1.29 is 66.7 Å². The number of esters is 7. The summed E-state index contributed by atoms with van der Waals surface area (Å²) in [5.74, 6) is -7.73. The molecular weight excluding hydrogens is 716 g/mol. The quantitative estimate of drug-likeness (QED) is 0.136. The summed E-state index contributed by atoms with van der Waals surface area (Å²) in [4.78, 5) is 90.9. The van der Waals surface area contributed by atoms with Crippen LogP contribution in [0.4, 0.5) is 0 Å². The van der Waals surface area contributed by atoms with Crippen LogP contribution in [0.2, 0.25) is 0 Å². The Labute approximate surface area is 321 Å². The fraction of sp³-hybridized carbons (Fsp3) is 0.585. The Bertz CT molecular complexity index is 1730. The summed E-state index contributed by atoms with van der Waals surface area (Å²) in [6.07, 6.45) is -4.38. The van der Waals surface area contributed by atoms with Crippen LogP contribution < -0.4 is 0 Å². The lowest BCUT2D eigenvalue weighted by Gasteiger charge is -2.62. The first-order chi connectivity index (χ1) is 25.7. The van der Waals surface area contributed by atoms with Crippen molar-refractivity contribution in [2.45, 2.75) is 119 Å². The zero-order chi connectivity index (χ0) is 41.0. The highest BCUT2D eigenvalue weighted by Gasteiger charge is 2.69. The third kappa shape index (κ3) is 9.45. The molecule has 0 heterocycles. The van der Waals surface area contributed by atoms with E-state index in [0.717, 1.165) is 5.56 Å². The predicted octanol–water partition coefficient (Wildman–Crippen LogP) is 4.85. The molecule has 14 nitrogen and oxygen atoms in total. The third-order valence-electron chi connectivity index (χ3n) is 11.2. The number of carbonyl (C=O) groups is 7. The molecule has 0 amide bonds. The average molecular weight is 769 g/mol. The van der Waals surface area contributed by atoms with E-state index in [9.17, 15) is 33.6 Å². The first-order valence-electron chi connectivity index (χ1n) is 18.3. The Morgan fingerprint density at radius 1 is 0.709 bits per heavy atom. The maximum absolute atomic E-state index is 13.3. The minimum Gasteiger partial charge on any atom is -0.462 e. The van der Waals surface area contributed by atoms with Gasteiger partial charge in [-0.2, -0.15) is 0 Å². The van der Waals surface area contributed by atoms with Crippen LogP contribution in [-0.2, 0) is 66.7 Å². The van der Waals surface area contributed by atoms with Crippen molar-refractivity contribution >= 4 is 47.9 Å². The maximum Gasteiger partial charge on any atom is 0.330 e. The lowest BCUT2D eigenvalue weighted by Crippen LogP contribution is -2.70. The highest BCUT2D eigenvalue weighted by Crippen LogP contribution is 2.62. The van der Waals surface area contributed by atoms with Crippen molar-refractivity contribution in [3.63, 3.8) is 0 Å². The molecule has 1 aromatic rings. The lowest BCUT2D eigenvalue weighted by atomic mass is 9.47. The molecule has 10 atom stereocenters. The highest BCUT2D eigenvalue weighted by molar-refractivity contribution is 5.87. The fourth-order valence-electron chi connectivity index (χ4n) is 9.21.